The van der Waals surface area contributed by atoms with Gasteiger partial charge in [0.15, 0.2) is 10.9 Å². The van der Waals surface area contributed by atoms with Crippen molar-refractivity contribution in [1.82, 2.24) is 10.5 Å². The van der Waals surface area contributed by atoms with Gasteiger partial charge in [-0.25, -0.2) is 10.5 Å². The first-order chi connectivity index (χ1) is 28.8. The van der Waals surface area contributed by atoms with E-state index in [2.05, 4.69) is 33.6 Å². The number of carbonyl (C=O) groups excluding carboxylic acids is 6. The third kappa shape index (κ3) is 29.5. The van der Waals surface area contributed by atoms with Crippen molar-refractivity contribution in [3.8, 4) is 5.75 Å². The third-order valence-corrected chi connectivity index (χ3v) is 8.78. The maximum absolute atomic E-state index is 11.6. The van der Waals surface area contributed by atoms with Crippen molar-refractivity contribution in [2.24, 2.45) is 32.5 Å². The molecule has 2 aromatic carbocycles. The van der Waals surface area contributed by atoms with Crippen LogP contribution in [-0.2, 0) is 28.8 Å². The van der Waals surface area contributed by atoms with E-state index in [0.717, 1.165) is 0 Å². The zero-order chi connectivity index (χ0) is 51.1. The highest BCUT2D eigenvalue weighted by Crippen LogP contribution is 2.25. The van der Waals surface area contributed by atoms with E-state index in [4.69, 9.17) is 16.0 Å². The Morgan fingerprint density at radius 3 is 1.22 bits per heavy atom. The topological polar surface area (TPSA) is 250 Å². The molecule has 0 unspecified atom stereocenters. The number of Topliss-reactive ketones (excluding diaryl/α,β-unsaturated/α-hetero) is 2. The van der Waals surface area contributed by atoms with Crippen molar-refractivity contribution in [1.29, 1.82) is 0 Å². The maximum Gasteiger partial charge on any atom is 0.248 e. The molecule has 1 heterocycles. The van der Waals surface area contributed by atoms with Crippen LogP contribution >= 0.6 is 24.0 Å². The Morgan fingerprint density at radius 2 is 0.953 bits per heavy atom. The van der Waals surface area contributed by atoms with E-state index in [-0.39, 0.29) is 63.8 Å². The van der Waals surface area contributed by atoms with Gasteiger partial charge in [0.25, 0.3) is 0 Å². The molecule has 0 radical (unpaired) electrons. The lowest BCUT2D eigenvalue weighted by atomic mass is 9.91. The van der Waals surface area contributed by atoms with Crippen LogP contribution in [0.5, 0.6) is 5.75 Å². The number of hydroxylamine groups is 1. The van der Waals surface area contributed by atoms with Crippen LogP contribution in [0.25, 0.3) is 0 Å². The second kappa shape index (κ2) is 28.2. The lowest BCUT2D eigenvalue weighted by molar-refractivity contribution is -0.137. The number of nitrogen functional groups attached to an aromatic ring is 1. The summed E-state index contributed by atoms with van der Waals surface area (Å²) in [5.74, 6) is 0.0107. The summed E-state index contributed by atoms with van der Waals surface area (Å²) in [6.45, 7) is 32.5. The number of para-hydroxylation sites is 4. The maximum atomic E-state index is 11.6. The lowest BCUT2D eigenvalue weighted by Gasteiger charge is -2.18. The highest BCUT2D eigenvalue weighted by Gasteiger charge is 2.24. The van der Waals surface area contributed by atoms with E-state index in [1.165, 1.54) is 17.4 Å². The van der Waals surface area contributed by atoms with Gasteiger partial charge in [-0.2, -0.15) is 12.6 Å². The molecule has 3 aromatic rings. The van der Waals surface area contributed by atoms with Crippen LogP contribution in [-0.4, -0.2) is 68.0 Å². The van der Waals surface area contributed by atoms with E-state index in [1.807, 2.05) is 101 Å². The Kier molecular flexibility index (Phi) is 27.9. The third-order valence-electron chi connectivity index (χ3n) is 7.80. The number of rotatable bonds is 5. The first-order valence-electron chi connectivity index (χ1n) is 20.5. The van der Waals surface area contributed by atoms with Crippen LogP contribution in [0.1, 0.15) is 125 Å². The molecule has 1 aromatic heterocycles. The fraction of sp³-hybridized carbons (Fsp3) is 0.553. The fourth-order valence-electron chi connectivity index (χ4n) is 3.02. The smallest absolute Gasteiger partial charge is 0.248 e. The van der Waals surface area contributed by atoms with Gasteiger partial charge in [-0.3, -0.25) is 34.0 Å². The van der Waals surface area contributed by atoms with Crippen molar-refractivity contribution in [3.63, 3.8) is 0 Å². The number of thiazole rings is 1. The number of aromatic nitrogens is 1. The average molecular weight is 935 g/mol. The van der Waals surface area contributed by atoms with Gasteiger partial charge in [0.05, 0.1) is 17.1 Å². The van der Waals surface area contributed by atoms with E-state index in [0.29, 0.717) is 27.9 Å². The van der Waals surface area contributed by atoms with Gasteiger partial charge in [0, 0.05) is 49.8 Å². The van der Waals surface area contributed by atoms with Gasteiger partial charge >= 0.3 is 0 Å². The number of hydrogen-bond donors (Lipinski definition) is 9. The molecule has 0 aliphatic heterocycles. The number of benzene rings is 2. The highest BCUT2D eigenvalue weighted by atomic mass is 32.1. The molecule has 0 saturated carbocycles. The van der Waals surface area contributed by atoms with Crippen LogP contribution in [0.15, 0.2) is 60.1 Å². The molecule has 9 N–H and O–H groups in total. The van der Waals surface area contributed by atoms with Crippen LogP contribution in [0, 0.1) is 32.5 Å². The lowest BCUT2D eigenvalue weighted by Crippen LogP contribution is -2.32. The molecule has 3 rings (SSSR count). The Morgan fingerprint density at radius 1 is 0.578 bits per heavy atom. The number of phenols is 1. The Hall–Kier alpha value is -4.84. The number of nitrogens with two attached hydrogens (primary N) is 1. The quantitative estimate of drug-likeness (QED) is 0.0383. The largest absolute Gasteiger partial charge is 0.506 e. The van der Waals surface area contributed by atoms with Crippen LogP contribution in [0.2, 0.25) is 0 Å². The standard InChI is InChI=1S/C11H16N2O.C11H15NO2.C8H12N2OS.C6H12O2.C6H12OS.C5H11NO2/c1-11(2,3)10(14)13-9-7-5-4-6-8(9)12;1-11(2,3)10(14)12-8-6-4-5-7-9(8)13;1-8(2,3)6(11)10-7-9-4-5-12-7;1-6(2,3)5(8)4-7;1-6(2,3)5(7)4-8;1-5(2,3)4(7)6-8/h4-7H,12H2,1-3H3,(H,13,14);4-7,13H,1-3H3,(H,12,14);4-5H,1-3H3,(H,9,10,11);7H,4H2,1-3H3;8H,4H2,1-3H3;8H,1-3H3,(H,6,7). The molecule has 64 heavy (non-hydrogen) atoms. The van der Waals surface area contributed by atoms with E-state index in [9.17, 15) is 33.9 Å². The number of nitrogens with zero attached hydrogens (tertiary/aromatic N) is 1. The van der Waals surface area contributed by atoms with E-state index >= 15 is 0 Å². The van der Waals surface area contributed by atoms with Gasteiger partial charge in [0.1, 0.15) is 18.1 Å². The number of thiol groups is 1. The van der Waals surface area contributed by atoms with E-state index < -0.39 is 16.2 Å². The molecule has 0 fully saturated rings. The van der Waals surface area contributed by atoms with Gasteiger partial charge in [-0.15, -0.1) is 11.3 Å². The Bertz CT molecular complexity index is 1760. The molecule has 0 aliphatic carbocycles. The summed E-state index contributed by atoms with van der Waals surface area (Å²) in [4.78, 5) is 70.3. The van der Waals surface area contributed by atoms with Crippen molar-refractivity contribution in [3.05, 3.63) is 60.1 Å². The van der Waals surface area contributed by atoms with Crippen LogP contribution in [0.4, 0.5) is 22.2 Å². The molecule has 17 heteroatoms. The summed E-state index contributed by atoms with van der Waals surface area (Å²) in [6, 6.07) is 13.9. The Labute approximate surface area is 391 Å². The first-order valence-corrected chi connectivity index (χ1v) is 22.0. The minimum Gasteiger partial charge on any atom is -0.506 e. The molecular weight excluding hydrogens is 857 g/mol. The molecule has 15 nitrogen and oxygen atoms in total. The summed E-state index contributed by atoms with van der Waals surface area (Å²) in [7, 11) is 0. The van der Waals surface area contributed by atoms with Crippen molar-refractivity contribution >= 4 is 81.4 Å². The number of anilines is 4. The predicted molar refractivity (Wildman–Crippen MR) is 265 cm³/mol. The average Bonchev–Trinajstić information content (AvgIpc) is 3.67. The van der Waals surface area contributed by atoms with Gasteiger partial charge in [-0.05, 0) is 24.3 Å². The van der Waals surface area contributed by atoms with Crippen molar-refractivity contribution in [2.75, 3.05) is 34.0 Å². The van der Waals surface area contributed by atoms with Crippen LogP contribution < -0.4 is 27.2 Å². The SMILES string of the molecule is CC(C)(C)C(=O)CO.CC(C)(C)C(=O)CS.CC(C)(C)C(=O)NO.CC(C)(C)C(=O)Nc1ccccc1N.CC(C)(C)C(=O)Nc1ccccc1O.CC(C)(C)C(=O)Nc1nccs1. The molecule has 4 amide bonds. The first kappa shape index (κ1) is 63.4. The summed E-state index contributed by atoms with van der Waals surface area (Å²) in [6.07, 6.45) is 1.67. The summed E-state index contributed by atoms with van der Waals surface area (Å²) in [5.41, 5.74) is 6.69. The monoisotopic (exact) mass is 935 g/mol. The van der Waals surface area contributed by atoms with Crippen molar-refractivity contribution in [2.45, 2.75) is 125 Å². The predicted octanol–water partition coefficient (Wildman–Crippen LogP) is 9.42. The molecule has 0 saturated heterocycles. The van der Waals surface area contributed by atoms with Gasteiger partial charge in [-0.1, -0.05) is 149 Å². The van der Waals surface area contributed by atoms with E-state index in [1.54, 1.807) is 83.6 Å². The number of hydrogen-bond acceptors (Lipinski definition) is 13. The number of nitrogens with one attached hydrogen (secondary N) is 4. The number of aliphatic hydroxyl groups excluding tert-OH is 1. The summed E-state index contributed by atoms with van der Waals surface area (Å²) in [5, 5.41) is 36.5. The molecule has 0 spiro atoms. The highest BCUT2D eigenvalue weighted by molar-refractivity contribution is 7.81. The number of aliphatic hydroxyl groups is 1. The second-order valence-corrected chi connectivity index (χ2v) is 21.6. The zero-order valence-corrected chi connectivity index (χ0v) is 43.1. The second-order valence-electron chi connectivity index (χ2n) is 20.4. The number of carbonyl (C=O) groups is 6. The summed E-state index contributed by atoms with van der Waals surface area (Å²) >= 11 is 5.28. The number of amides is 4. The van der Waals surface area contributed by atoms with Crippen molar-refractivity contribution < 1.29 is 44.2 Å². The zero-order valence-electron chi connectivity index (χ0n) is 41.4. The molecule has 362 valence electrons. The molecule has 0 atom stereocenters. The molecule has 0 aliphatic rings. The fourth-order valence-corrected chi connectivity index (χ4v) is 4.02. The van der Waals surface area contributed by atoms with Gasteiger partial charge in [0.2, 0.25) is 23.6 Å². The number of ketones is 2. The minimum atomic E-state index is -0.491. The molecular formula is C47H78N6O9S2. The molecule has 0 bridgehead atoms. The number of phenolic OH excluding ortho intramolecular Hbond substituents is 1. The minimum absolute atomic E-state index is 0.00236. The Balaban J connectivity index is -0.000000711. The van der Waals surface area contributed by atoms with Gasteiger partial charge < -0.3 is 31.9 Å². The van der Waals surface area contributed by atoms with Crippen LogP contribution in [0.3, 0.4) is 0 Å². The summed E-state index contributed by atoms with van der Waals surface area (Å²) < 4.78 is 0. The normalized spacial score (nSPS) is 11.2. The number of aromatic hydroxyl groups is 1.